The molecule has 3 aliphatic rings. The molecule has 0 aromatic carbocycles. The number of rotatable bonds is 2. The highest BCUT2D eigenvalue weighted by atomic mass is 35.5. The third kappa shape index (κ3) is 1.50. The normalized spacial score (nSPS) is 51.4. The minimum atomic E-state index is -1.56. The third-order valence-corrected chi connectivity index (χ3v) is 7.90. The molecule has 2 saturated carbocycles. The van der Waals surface area contributed by atoms with E-state index in [1.165, 1.54) is 14.2 Å². The number of hydrogen-bond acceptors (Lipinski definition) is 4. The van der Waals surface area contributed by atoms with Crippen molar-refractivity contribution in [1.82, 2.24) is 0 Å². The molecule has 4 nitrogen and oxygen atoms in total. The number of halogens is 4. The summed E-state index contributed by atoms with van der Waals surface area (Å²) in [6.07, 6.45) is -0.760. The van der Waals surface area contributed by atoms with Gasteiger partial charge in [-0.25, -0.2) is 0 Å². The molecule has 0 saturated heterocycles. The zero-order valence-electron chi connectivity index (χ0n) is 11.4. The second-order valence-corrected chi connectivity index (χ2v) is 7.79. The Labute approximate surface area is 142 Å². The maximum atomic E-state index is 10.4. The Morgan fingerprint density at radius 1 is 0.905 bits per heavy atom. The molecule has 0 aromatic heterocycles. The summed E-state index contributed by atoms with van der Waals surface area (Å²) in [4.78, 5) is -2.88. The molecule has 120 valence electrons. The Bertz CT molecular complexity index is 468. The SMILES string of the molecule is COC1(OC)[C@@]2(Cl)C(Cl)=C(Cl)[C@]1(Cl)[C@H]1[C@@H]2[C@@H](O)CC[C@H]1O. The van der Waals surface area contributed by atoms with Crippen LogP contribution in [0, 0.1) is 11.8 Å². The van der Waals surface area contributed by atoms with Gasteiger partial charge in [-0.15, -0.1) is 23.2 Å². The van der Waals surface area contributed by atoms with Gasteiger partial charge in [0, 0.05) is 26.1 Å². The van der Waals surface area contributed by atoms with E-state index in [1.54, 1.807) is 0 Å². The largest absolute Gasteiger partial charge is 0.393 e. The van der Waals surface area contributed by atoms with Crippen molar-refractivity contribution in [2.45, 2.75) is 40.6 Å². The molecule has 8 heteroatoms. The maximum Gasteiger partial charge on any atom is 0.217 e. The van der Waals surface area contributed by atoms with Crippen LogP contribution in [-0.4, -0.2) is 52.2 Å². The number of methoxy groups -OCH3 is 2. The van der Waals surface area contributed by atoms with Crippen LogP contribution >= 0.6 is 46.4 Å². The van der Waals surface area contributed by atoms with Gasteiger partial charge in [-0.2, -0.15) is 0 Å². The Kier molecular flexibility index (Phi) is 3.85. The summed E-state index contributed by atoms with van der Waals surface area (Å²) in [6.45, 7) is 0. The van der Waals surface area contributed by atoms with Crippen molar-refractivity contribution in [3.8, 4) is 0 Å². The van der Waals surface area contributed by atoms with E-state index in [9.17, 15) is 10.2 Å². The minimum absolute atomic E-state index is 0.110. The van der Waals surface area contributed by atoms with Crippen LogP contribution in [0.15, 0.2) is 10.1 Å². The van der Waals surface area contributed by atoms with E-state index in [-0.39, 0.29) is 10.1 Å². The maximum absolute atomic E-state index is 10.4. The van der Waals surface area contributed by atoms with E-state index in [0.717, 1.165) is 0 Å². The first-order valence-corrected chi connectivity index (χ1v) is 8.15. The molecule has 2 fully saturated rings. The van der Waals surface area contributed by atoms with Gasteiger partial charge in [-0.1, -0.05) is 23.2 Å². The lowest BCUT2D eigenvalue weighted by molar-refractivity contribution is -0.222. The standard InChI is InChI=1S/C13H16Cl4O4/c1-20-13(21-2)11(16)7-5(18)3-4-6(19)8(7)12(13,17)10(15)9(11)14/h5-8,18-19H,3-4H2,1-2H3/t5-,6+,7-,8+,11-,12+. The average molecular weight is 378 g/mol. The van der Waals surface area contributed by atoms with Crippen LogP contribution in [0.25, 0.3) is 0 Å². The molecule has 0 spiro atoms. The van der Waals surface area contributed by atoms with Gasteiger partial charge in [0.2, 0.25) is 5.79 Å². The molecule has 3 rings (SSSR count). The number of aliphatic hydroxyl groups is 2. The highest BCUT2D eigenvalue weighted by Gasteiger charge is 2.86. The summed E-state index contributed by atoms with van der Waals surface area (Å²) in [5.41, 5.74) is 0. The molecule has 0 aromatic rings. The van der Waals surface area contributed by atoms with Gasteiger partial charge in [-0.3, -0.25) is 0 Å². The van der Waals surface area contributed by atoms with E-state index >= 15 is 0 Å². The Hall–Kier alpha value is 0.740. The summed E-state index contributed by atoms with van der Waals surface area (Å²) in [6, 6.07) is 0. The van der Waals surface area contributed by atoms with E-state index < -0.39 is 39.6 Å². The van der Waals surface area contributed by atoms with E-state index in [2.05, 4.69) is 0 Å². The van der Waals surface area contributed by atoms with Gasteiger partial charge in [-0.05, 0) is 12.8 Å². The number of aliphatic hydroxyl groups excluding tert-OH is 2. The van der Waals surface area contributed by atoms with Crippen molar-refractivity contribution in [2.75, 3.05) is 14.2 Å². The van der Waals surface area contributed by atoms with Crippen LogP contribution in [0.2, 0.25) is 0 Å². The first kappa shape index (κ1) is 16.6. The summed E-state index contributed by atoms with van der Waals surface area (Å²) in [5, 5.41) is 21.1. The van der Waals surface area contributed by atoms with E-state index in [1.807, 2.05) is 0 Å². The van der Waals surface area contributed by atoms with Crippen molar-refractivity contribution < 1.29 is 19.7 Å². The molecular weight excluding hydrogens is 362 g/mol. The lowest BCUT2D eigenvalue weighted by Gasteiger charge is -2.44. The van der Waals surface area contributed by atoms with Crippen molar-refractivity contribution in [3.05, 3.63) is 10.1 Å². The second kappa shape index (κ2) is 4.87. The number of fused-ring (bicyclic) bond motifs is 5. The van der Waals surface area contributed by atoms with Gasteiger partial charge in [0.25, 0.3) is 0 Å². The summed E-state index contributed by atoms with van der Waals surface area (Å²) >= 11 is 26.3. The second-order valence-electron chi connectivity index (χ2n) is 5.84. The summed E-state index contributed by atoms with van der Waals surface area (Å²) in [7, 11) is 2.79. The molecule has 21 heavy (non-hydrogen) atoms. The molecule has 0 heterocycles. The predicted molar refractivity (Wildman–Crippen MR) is 80.9 cm³/mol. The van der Waals surface area contributed by atoms with Crippen molar-refractivity contribution >= 4 is 46.4 Å². The molecule has 6 atom stereocenters. The molecule has 0 unspecified atom stereocenters. The van der Waals surface area contributed by atoms with Crippen LogP contribution in [0.3, 0.4) is 0 Å². The molecule has 2 bridgehead atoms. The quantitative estimate of drug-likeness (QED) is 0.573. The Morgan fingerprint density at radius 2 is 1.24 bits per heavy atom. The third-order valence-electron chi connectivity index (χ3n) is 5.26. The fourth-order valence-electron chi connectivity index (χ4n) is 4.49. The minimum Gasteiger partial charge on any atom is -0.393 e. The smallest absolute Gasteiger partial charge is 0.217 e. The van der Waals surface area contributed by atoms with Crippen molar-refractivity contribution in [3.63, 3.8) is 0 Å². The highest BCUT2D eigenvalue weighted by molar-refractivity contribution is 6.52. The zero-order valence-corrected chi connectivity index (χ0v) is 14.5. The lowest BCUT2D eigenvalue weighted by Crippen LogP contribution is -2.58. The van der Waals surface area contributed by atoms with Crippen molar-refractivity contribution in [2.24, 2.45) is 11.8 Å². The van der Waals surface area contributed by atoms with E-state index in [4.69, 9.17) is 55.9 Å². The summed E-state index contributed by atoms with van der Waals surface area (Å²) in [5.74, 6) is -2.79. The van der Waals surface area contributed by atoms with Crippen LogP contribution in [0.1, 0.15) is 12.8 Å². The van der Waals surface area contributed by atoms with Gasteiger partial charge in [0.05, 0.1) is 22.3 Å². The van der Waals surface area contributed by atoms with Gasteiger partial charge >= 0.3 is 0 Å². The molecular formula is C13H16Cl4O4. The molecule has 0 aliphatic heterocycles. The number of hydrogen-bond donors (Lipinski definition) is 2. The zero-order chi connectivity index (χ0) is 15.8. The fourth-order valence-corrected chi connectivity index (χ4v) is 6.79. The monoisotopic (exact) mass is 376 g/mol. The summed E-state index contributed by atoms with van der Waals surface area (Å²) < 4.78 is 11.1. The Balaban J connectivity index is 2.31. The van der Waals surface area contributed by atoms with Crippen molar-refractivity contribution in [1.29, 1.82) is 0 Å². The van der Waals surface area contributed by atoms with Crippen LogP contribution in [0.4, 0.5) is 0 Å². The first-order chi connectivity index (χ1) is 9.74. The van der Waals surface area contributed by atoms with Crippen LogP contribution in [-0.2, 0) is 9.47 Å². The first-order valence-electron chi connectivity index (χ1n) is 6.64. The average Bonchev–Trinajstić information content (AvgIpc) is 2.72. The molecule has 0 radical (unpaired) electrons. The van der Waals surface area contributed by atoms with Gasteiger partial charge < -0.3 is 19.7 Å². The topological polar surface area (TPSA) is 58.9 Å². The molecule has 3 aliphatic carbocycles. The number of alkyl halides is 2. The highest BCUT2D eigenvalue weighted by Crippen LogP contribution is 2.75. The lowest BCUT2D eigenvalue weighted by atomic mass is 9.69. The molecule has 2 N–H and O–H groups in total. The fraction of sp³-hybridized carbons (Fsp3) is 0.846. The van der Waals surface area contributed by atoms with Crippen LogP contribution in [0.5, 0.6) is 0 Å². The van der Waals surface area contributed by atoms with E-state index in [0.29, 0.717) is 12.8 Å². The predicted octanol–water partition coefficient (Wildman–Crippen LogP) is 2.40. The molecule has 0 amide bonds. The van der Waals surface area contributed by atoms with Gasteiger partial charge in [0.15, 0.2) is 0 Å². The Morgan fingerprint density at radius 3 is 1.52 bits per heavy atom. The van der Waals surface area contributed by atoms with Crippen LogP contribution < -0.4 is 0 Å². The number of ether oxygens (including phenoxy) is 2. The van der Waals surface area contributed by atoms with Gasteiger partial charge in [0.1, 0.15) is 9.75 Å².